The van der Waals surface area contributed by atoms with Crippen LogP contribution in [0, 0.1) is 0 Å². The molecule has 0 heterocycles. The van der Waals surface area contributed by atoms with E-state index in [9.17, 15) is 9.59 Å². The minimum absolute atomic E-state index is 0.0284. The zero-order valence-corrected chi connectivity index (χ0v) is 15.9. The van der Waals surface area contributed by atoms with E-state index >= 15 is 0 Å². The molecule has 3 rings (SSSR count). The SMILES string of the molecule is CC(=O)c1ccc(NC(=O)c2cc(Cl)c(OC3CCCC3)c(Cl)c2)cc1. The summed E-state index contributed by atoms with van der Waals surface area (Å²) in [4.78, 5) is 23.8. The highest BCUT2D eigenvalue weighted by Gasteiger charge is 2.21. The number of hydrogen-bond donors (Lipinski definition) is 1. The molecule has 0 aromatic heterocycles. The van der Waals surface area contributed by atoms with Crippen molar-refractivity contribution in [2.75, 3.05) is 5.32 Å². The van der Waals surface area contributed by atoms with Crippen LogP contribution in [0.1, 0.15) is 53.3 Å². The molecule has 136 valence electrons. The van der Waals surface area contributed by atoms with Crippen LogP contribution in [0.4, 0.5) is 5.69 Å². The molecule has 1 aliphatic carbocycles. The highest BCUT2D eigenvalue weighted by atomic mass is 35.5. The van der Waals surface area contributed by atoms with Gasteiger partial charge in [0.15, 0.2) is 11.5 Å². The fourth-order valence-electron chi connectivity index (χ4n) is 2.97. The van der Waals surface area contributed by atoms with E-state index in [4.69, 9.17) is 27.9 Å². The average Bonchev–Trinajstić information content (AvgIpc) is 3.11. The van der Waals surface area contributed by atoms with E-state index in [-0.39, 0.29) is 17.8 Å². The molecule has 0 aliphatic heterocycles. The van der Waals surface area contributed by atoms with Gasteiger partial charge in [-0.05, 0) is 69.0 Å². The van der Waals surface area contributed by atoms with Crippen LogP contribution in [0.3, 0.4) is 0 Å². The summed E-state index contributed by atoms with van der Waals surface area (Å²) >= 11 is 12.6. The molecule has 1 amide bonds. The van der Waals surface area contributed by atoms with Gasteiger partial charge >= 0.3 is 0 Å². The number of ketones is 1. The summed E-state index contributed by atoms with van der Waals surface area (Å²) in [6.45, 7) is 1.49. The summed E-state index contributed by atoms with van der Waals surface area (Å²) in [5.74, 6) is 0.0682. The van der Waals surface area contributed by atoms with Crippen molar-refractivity contribution in [1.82, 2.24) is 0 Å². The molecule has 2 aromatic carbocycles. The topological polar surface area (TPSA) is 55.4 Å². The summed E-state index contributed by atoms with van der Waals surface area (Å²) in [7, 11) is 0. The van der Waals surface area contributed by atoms with E-state index in [0.717, 1.165) is 25.7 Å². The molecule has 4 nitrogen and oxygen atoms in total. The van der Waals surface area contributed by atoms with E-state index < -0.39 is 0 Å². The molecule has 0 bridgehead atoms. The van der Waals surface area contributed by atoms with Gasteiger partial charge in [-0.25, -0.2) is 0 Å². The first kappa shape index (κ1) is 18.7. The van der Waals surface area contributed by atoms with Gasteiger partial charge in [0.25, 0.3) is 5.91 Å². The summed E-state index contributed by atoms with van der Waals surface area (Å²) in [5.41, 5.74) is 1.51. The molecule has 2 aromatic rings. The lowest BCUT2D eigenvalue weighted by atomic mass is 10.1. The maximum Gasteiger partial charge on any atom is 0.255 e. The maximum atomic E-state index is 12.5. The van der Waals surface area contributed by atoms with E-state index in [0.29, 0.717) is 32.6 Å². The van der Waals surface area contributed by atoms with Gasteiger partial charge in [-0.1, -0.05) is 23.2 Å². The van der Waals surface area contributed by atoms with Gasteiger partial charge in [0.05, 0.1) is 16.1 Å². The molecular weight excluding hydrogens is 373 g/mol. The first-order valence-corrected chi connectivity index (χ1v) is 9.27. The number of ether oxygens (including phenoxy) is 1. The highest BCUT2D eigenvalue weighted by Crippen LogP contribution is 2.37. The van der Waals surface area contributed by atoms with Crippen LogP contribution < -0.4 is 10.1 Å². The molecule has 6 heteroatoms. The third-order valence-electron chi connectivity index (χ3n) is 4.40. The molecule has 1 N–H and O–H groups in total. The second-order valence-corrected chi connectivity index (χ2v) is 7.20. The zero-order chi connectivity index (χ0) is 18.7. The number of nitrogens with one attached hydrogen (secondary N) is 1. The standard InChI is InChI=1S/C20H19Cl2NO3/c1-12(24)13-6-8-15(9-7-13)23-20(25)14-10-17(21)19(18(22)11-14)26-16-4-2-3-5-16/h6-11,16H,2-5H2,1H3,(H,23,25). The van der Waals surface area contributed by atoms with Gasteiger partial charge in [0, 0.05) is 16.8 Å². The monoisotopic (exact) mass is 391 g/mol. The van der Waals surface area contributed by atoms with Crippen molar-refractivity contribution in [2.45, 2.75) is 38.7 Å². The summed E-state index contributed by atoms with van der Waals surface area (Å²) in [6.07, 6.45) is 4.39. The number of halogens is 2. The molecule has 26 heavy (non-hydrogen) atoms. The number of anilines is 1. The highest BCUT2D eigenvalue weighted by molar-refractivity contribution is 6.37. The van der Waals surface area contributed by atoms with Gasteiger partial charge in [0.1, 0.15) is 0 Å². The van der Waals surface area contributed by atoms with Crippen molar-refractivity contribution >= 4 is 40.6 Å². The third-order valence-corrected chi connectivity index (χ3v) is 4.96. The predicted octanol–water partition coefficient (Wildman–Crippen LogP) is 5.77. The number of Topliss-reactive ketones (excluding diaryl/α,β-unsaturated/α-hetero) is 1. The van der Waals surface area contributed by atoms with Gasteiger partial charge < -0.3 is 10.1 Å². The van der Waals surface area contributed by atoms with E-state index in [2.05, 4.69) is 5.32 Å². The van der Waals surface area contributed by atoms with Gasteiger partial charge in [0.2, 0.25) is 0 Å². The Kier molecular flexibility index (Phi) is 5.84. The smallest absolute Gasteiger partial charge is 0.255 e. The minimum atomic E-state index is -0.336. The lowest BCUT2D eigenvalue weighted by molar-refractivity contribution is 0.101. The number of carbonyl (C=O) groups excluding carboxylic acids is 2. The fourth-order valence-corrected chi connectivity index (χ4v) is 3.54. The molecule has 0 unspecified atom stereocenters. The quantitative estimate of drug-likeness (QED) is 0.658. The summed E-state index contributed by atoms with van der Waals surface area (Å²) in [6, 6.07) is 9.78. The first-order chi connectivity index (χ1) is 12.4. The Morgan fingerprint density at radius 3 is 2.12 bits per heavy atom. The molecule has 1 saturated carbocycles. The first-order valence-electron chi connectivity index (χ1n) is 8.52. The zero-order valence-electron chi connectivity index (χ0n) is 14.4. The van der Waals surface area contributed by atoms with Crippen LogP contribution in [0.5, 0.6) is 5.75 Å². The average molecular weight is 392 g/mol. The number of carbonyl (C=O) groups is 2. The van der Waals surface area contributed by atoms with Crippen molar-refractivity contribution in [3.05, 3.63) is 57.6 Å². The predicted molar refractivity (Wildman–Crippen MR) is 104 cm³/mol. The summed E-state index contributed by atoms with van der Waals surface area (Å²) < 4.78 is 5.90. The molecule has 0 saturated heterocycles. The number of rotatable bonds is 5. The van der Waals surface area contributed by atoms with Crippen molar-refractivity contribution < 1.29 is 14.3 Å². The Morgan fingerprint density at radius 2 is 1.58 bits per heavy atom. The van der Waals surface area contributed by atoms with E-state index in [1.165, 1.54) is 6.92 Å². The molecular formula is C20H19Cl2NO3. The van der Waals surface area contributed by atoms with Crippen molar-refractivity contribution in [1.29, 1.82) is 0 Å². The van der Waals surface area contributed by atoms with E-state index in [1.54, 1.807) is 36.4 Å². The second-order valence-electron chi connectivity index (χ2n) is 6.38. The minimum Gasteiger partial charge on any atom is -0.487 e. The van der Waals surface area contributed by atoms with Crippen molar-refractivity contribution in [2.24, 2.45) is 0 Å². The number of amides is 1. The normalized spacial score (nSPS) is 14.3. The van der Waals surface area contributed by atoms with Crippen LogP contribution in [0.25, 0.3) is 0 Å². The van der Waals surface area contributed by atoms with Crippen LogP contribution in [-0.4, -0.2) is 17.8 Å². The second kappa shape index (κ2) is 8.11. The number of hydrogen-bond acceptors (Lipinski definition) is 3. The van der Waals surface area contributed by atoms with Crippen molar-refractivity contribution in [3.63, 3.8) is 0 Å². The Balaban J connectivity index is 1.73. The lowest BCUT2D eigenvalue weighted by Crippen LogP contribution is -2.14. The number of benzene rings is 2. The Labute approximate surface area is 162 Å². The fraction of sp³-hybridized carbons (Fsp3) is 0.300. The van der Waals surface area contributed by atoms with E-state index in [1.807, 2.05) is 0 Å². The molecule has 0 spiro atoms. The van der Waals surface area contributed by atoms with Crippen LogP contribution in [-0.2, 0) is 0 Å². The maximum absolute atomic E-state index is 12.5. The molecule has 1 aliphatic rings. The van der Waals surface area contributed by atoms with Crippen LogP contribution in [0.2, 0.25) is 10.0 Å². The van der Waals surface area contributed by atoms with Crippen LogP contribution in [0.15, 0.2) is 36.4 Å². The van der Waals surface area contributed by atoms with Gasteiger partial charge in [-0.3, -0.25) is 9.59 Å². The Bertz CT molecular complexity index is 804. The largest absolute Gasteiger partial charge is 0.487 e. The third kappa shape index (κ3) is 4.37. The summed E-state index contributed by atoms with van der Waals surface area (Å²) in [5, 5.41) is 3.40. The Hall–Kier alpha value is -2.04. The molecule has 0 radical (unpaired) electrons. The van der Waals surface area contributed by atoms with Crippen LogP contribution >= 0.6 is 23.2 Å². The molecule has 1 fully saturated rings. The molecule has 0 atom stereocenters. The lowest BCUT2D eigenvalue weighted by Gasteiger charge is -2.16. The van der Waals surface area contributed by atoms with Gasteiger partial charge in [-0.15, -0.1) is 0 Å². The Morgan fingerprint density at radius 1 is 1.00 bits per heavy atom. The van der Waals surface area contributed by atoms with Gasteiger partial charge in [-0.2, -0.15) is 0 Å². The van der Waals surface area contributed by atoms with Crippen molar-refractivity contribution in [3.8, 4) is 5.75 Å².